The van der Waals surface area contributed by atoms with Crippen molar-refractivity contribution < 1.29 is 20.1 Å². The summed E-state index contributed by atoms with van der Waals surface area (Å²) in [6.07, 6.45) is 7.34. The Hall–Kier alpha value is -1.32. The Morgan fingerprint density at radius 1 is 1.44 bits per heavy atom. The molecule has 0 aromatic carbocycles. The molecule has 2 aliphatic heterocycles. The molecule has 0 spiro atoms. The van der Waals surface area contributed by atoms with Gasteiger partial charge in [0.15, 0.2) is 0 Å². The monoisotopic (exact) mass is 251 g/mol. The van der Waals surface area contributed by atoms with E-state index in [0.29, 0.717) is 13.1 Å². The van der Waals surface area contributed by atoms with Gasteiger partial charge in [0.1, 0.15) is 24.4 Å². The van der Waals surface area contributed by atoms with Crippen LogP contribution in [0.25, 0.3) is 0 Å². The predicted molar refractivity (Wildman–Crippen MR) is 65.4 cm³/mol. The highest BCUT2D eigenvalue weighted by Gasteiger charge is 2.43. The Labute approximate surface area is 106 Å². The minimum absolute atomic E-state index is 0.320. The standard InChI is InChI=1S/C13H17NO4/c1-2-5-14-6-3-4-9(7-14)13-12(17)11(16)10(8-15)18-13/h1,3-4,7,10-13,15-17H,5-6,8H2/t10-,11-,12-,13+/m1/s1. The van der Waals surface area contributed by atoms with Gasteiger partial charge in [0.2, 0.25) is 0 Å². The van der Waals surface area contributed by atoms with Crippen molar-refractivity contribution in [2.24, 2.45) is 0 Å². The third-order valence-electron chi connectivity index (χ3n) is 3.15. The molecule has 0 amide bonds. The van der Waals surface area contributed by atoms with Crippen LogP contribution in [0.3, 0.4) is 0 Å². The van der Waals surface area contributed by atoms with E-state index in [4.69, 9.17) is 16.3 Å². The molecule has 3 N–H and O–H groups in total. The summed E-state index contributed by atoms with van der Waals surface area (Å²) < 4.78 is 5.45. The van der Waals surface area contributed by atoms with E-state index in [1.54, 1.807) is 0 Å². The molecule has 1 fully saturated rings. The van der Waals surface area contributed by atoms with Gasteiger partial charge in [-0.3, -0.25) is 0 Å². The molecule has 1 saturated heterocycles. The summed E-state index contributed by atoms with van der Waals surface area (Å²) in [6.45, 7) is 0.866. The molecule has 2 aliphatic rings. The lowest BCUT2D eigenvalue weighted by Crippen LogP contribution is -2.35. The molecule has 0 saturated carbocycles. The SMILES string of the molecule is C#CCN1C=C([C@@H]2O[C@H](CO)[C@@H](O)[C@H]2O)C=CC1. The van der Waals surface area contributed by atoms with Crippen LogP contribution in [-0.2, 0) is 4.74 Å². The van der Waals surface area contributed by atoms with Gasteiger partial charge in [-0.15, -0.1) is 6.42 Å². The zero-order chi connectivity index (χ0) is 13.1. The molecule has 4 atom stereocenters. The molecule has 0 unspecified atom stereocenters. The fourth-order valence-corrected chi connectivity index (χ4v) is 2.20. The second-order valence-corrected chi connectivity index (χ2v) is 4.42. The predicted octanol–water partition coefficient (Wildman–Crippen LogP) is -1.14. The van der Waals surface area contributed by atoms with Crippen molar-refractivity contribution in [1.29, 1.82) is 0 Å². The van der Waals surface area contributed by atoms with E-state index in [2.05, 4.69) is 5.92 Å². The topological polar surface area (TPSA) is 73.2 Å². The number of aliphatic hydroxyl groups excluding tert-OH is 3. The Bertz CT molecular complexity index is 398. The second kappa shape index (κ2) is 5.55. The average Bonchev–Trinajstić information content (AvgIpc) is 2.67. The van der Waals surface area contributed by atoms with E-state index in [-0.39, 0.29) is 6.61 Å². The molecule has 0 aromatic heterocycles. The summed E-state index contributed by atoms with van der Waals surface area (Å²) in [6, 6.07) is 0. The van der Waals surface area contributed by atoms with Crippen LogP contribution in [0.4, 0.5) is 0 Å². The number of aliphatic hydroxyl groups is 3. The molecule has 0 radical (unpaired) electrons. The normalized spacial score (nSPS) is 35.4. The summed E-state index contributed by atoms with van der Waals surface area (Å²) in [4.78, 5) is 1.91. The van der Waals surface area contributed by atoms with Gasteiger partial charge in [0, 0.05) is 12.7 Å². The van der Waals surface area contributed by atoms with E-state index in [1.807, 2.05) is 23.3 Å². The van der Waals surface area contributed by atoms with Crippen molar-refractivity contribution >= 4 is 0 Å². The smallest absolute Gasteiger partial charge is 0.113 e. The van der Waals surface area contributed by atoms with Crippen molar-refractivity contribution in [3.05, 3.63) is 23.9 Å². The summed E-state index contributed by atoms with van der Waals surface area (Å²) >= 11 is 0. The fraction of sp³-hybridized carbons (Fsp3) is 0.538. The molecule has 5 heteroatoms. The van der Waals surface area contributed by atoms with Gasteiger partial charge >= 0.3 is 0 Å². The van der Waals surface area contributed by atoms with Crippen LogP contribution in [-0.4, -0.2) is 64.3 Å². The lowest BCUT2D eigenvalue weighted by atomic mass is 10.0. The minimum Gasteiger partial charge on any atom is -0.394 e. The highest BCUT2D eigenvalue weighted by Crippen LogP contribution is 2.28. The summed E-state index contributed by atoms with van der Waals surface area (Å²) in [5, 5.41) is 28.6. The van der Waals surface area contributed by atoms with E-state index < -0.39 is 24.4 Å². The van der Waals surface area contributed by atoms with Gasteiger partial charge in [-0.2, -0.15) is 0 Å². The summed E-state index contributed by atoms with van der Waals surface area (Å²) in [5.74, 6) is 2.54. The minimum atomic E-state index is -1.07. The first kappa shape index (κ1) is 13.1. The van der Waals surface area contributed by atoms with Crippen molar-refractivity contribution in [2.75, 3.05) is 19.7 Å². The first-order valence-electron chi connectivity index (χ1n) is 5.85. The van der Waals surface area contributed by atoms with Crippen molar-refractivity contribution in [3.8, 4) is 12.3 Å². The van der Waals surface area contributed by atoms with Gasteiger partial charge in [0.25, 0.3) is 0 Å². The van der Waals surface area contributed by atoms with Crippen LogP contribution in [0, 0.1) is 12.3 Å². The fourth-order valence-electron chi connectivity index (χ4n) is 2.20. The second-order valence-electron chi connectivity index (χ2n) is 4.42. The van der Waals surface area contributed by atoms with E-state index in [0.717, 1.165) is 5.57 Å². The lowest BCUT2D eigenvalue weighted by Gasteiger charge is -2.24. The first-order chi connectivity index (χ1) is 8.67. The van der Waals surface area contributed by atoms with Gasteiger partial charge < -0.3 is 25.0 Å². The van der Waals surface area contributed by atoms with Crippen molar-refractivity contribution in [3.63, 3.8) is 0 Å². The van der Waals surface area contributed by atoms with Crippen LogP contribution < -0.4 is 0 Å². The highest BCUT2D eigenvalue weighted by molar-refractivity contribution is 5.29. The molecule has 98 valence electrons. The molecular weight excluding hydrogens is 234 g/mol. The maximum Gasteiger partial charge on any atom is 0.113 e. The number of terminal acetylenes is 1. The molecular formula is C13H17NO4. The zero-order valence-corrected chi connectivity index (χ0v) is 9.94. The molecule has 0 aliphatic carbocycles. The maximum atomic E-state index is 9.91. The van der Waals surface area contributed by atoms with Crippen LogP contribution in [0.15, 0.2) is 23.9 Å². The maximum absolute atomic E-state index is 9.91. The Kier molecular flexibility index (Phi) is 4.04. The van der Waals surface area contributed by atoms with Crippen molar-refractivity contribution in [2.45, 2.75) is 24.4 Å². The van der Waals surface area contributed by atoms with Gasteiger partial charge in [-0.1, -0.05) is 18.1 Å². The number of hydrogen-bond donors (Lipinski definition) is 3. The van der Waals surface area contributed by atoms with Crippen LogP contribution >= 0.6 is 0 Å². The number of hydrogen-bond acceptors (Lipinski definition) is 5. The third kappa shape index (κ3) is 2.42. The average molecular weight is 251 g/mol. The first-order valence-corrected chi connectivity index (χ1v) is 5.85. The van der Waals surface area contributed by atoms with Gasteiger partial charge in [-0.25, -0.2) is 0 Å². The quantitative estimate of drug-likeness (QED) is 0.553. The van der Waals surface area contributed by atoms with E-state index in [9.17, 15) is 10.2 Å². The molecule has 2 heterocycles. The molecule has 18 heavy (non-hydrogen) atoms. The Balaban J connectivity index is 2.12. The van der Waals surface area contributed by atoms with E-state index in [1.165, 1.54) is 0 Å². The molecule has 0 aromatic rings. The summed E-state index contributed by atoms with van der Waals surface area (Å²) in [7, 11) is 0. The number of rotatable bonds is 3. The van der Waals surface area contributed by atoms with Crippen LogP contribution in [0.5, 0.6) is 0 Å². The van der Waals surface area contributed by atoms with E-state index >= 15 is 0 Å². The molecule has 0 bridgehead atoms. The van der Waals surface area contributed by atoms with Crippen molar-refractivity contribution in [1.82, 2.24) is 4.90 Å². The highest BCUT2D eigenvalue weighted by atomic mass is 16.6. The largest absolute Gasteiger partial charge is 0.394 e. The van der Waals surface area contributed by atoms with Gasteiger partial charge in [-0.05, 0) is 5.57 Å². The van der Waals surface area contributed by atoms with Crippen LogP contribution in [0.2, 0.25) is 0 Å². The molecule has 2 rings (SSSR count). The zero-order valence-electron chi connectivity index (χ0n) is 9.94. The van der Waals surface area contributed by atoms with Gasteiger partial charge in [0.05, 0.1) is 13.2 Å². The summed E-state index contributed by atoms with van der Waals surface area (Å²) in [5.41, 5.74) is 0.749. The number of nitrogens with zero attached hydrogens (tertiary/aromatic N) is 1. The Morgan fingerprint density at radius 2 is 2.22 bits per heavy atom. The van der Waals surface area contributed by atoms with Crippen LogP contribution in [0.1, 0.15) is 0 Å². The number of ether oxygens (including phenoxy) is 1. The Morgan fingerprint density at radius 3 is 2.83 bits per heavy atom. The molecule has 5 nitrogen and oxygen atoms in total. The lowest BCUT2D eigenvalue weighted by molar-refractivity contribution is -0.0136. The third-order valence-corrected chi connectivity index (χ3v) is 3.15.